The van der Waals surface area contributed by atoms with Crippen LogP contribution in [0.2, 0.25) is 0 Å². The van der Waals surface area contributed by atoms with Crippen LogP contribution in [0.1, 0.15) is 30.2 Å². The van der Waals surface area contributed by atoms with Gasteiger partial charge in [0.25, 0.3) is 10.2 Å². The average Bonchev–Trinajstić information content (AvgIpc) is 2.76. The van der Waals surface area contributed by atoms with Crippen molar-refractivity contribution in [1.82, 2.24) is 14.0 Å². The van der Waals surface area contributed by atoms with Gasteiger partial charge in [0, 0.05) is 13.1 Å². The number of carboxylic acid groups (broad SMARTS) is 1. The Morgan fingerprint density at radius 1 is 1.52 bits per heavy atom. The van der Waals surface area contributed by atoms with E-state index in [1.807, 2.05) is 0 Å². The lowest BCUT2D eigenvalue weighted by Gasteiger charge is -2.29. The highest BCUT2D eigenvalue weighted by Gasteiger charge is 2.32. The first kappa shape index (κ1) is 15.9. The van der Waals surface area contributed by atoms with Gasteiger partial charge in [0.05, 0.1) is 18.2 Å². The largest absolute Gasteiger partial charge is 0.481 e. The zero-order valence-corrected chi connectivity index (χ0v) is 12.8. The first-order valence-corrected chi connectivity index (χ1v) is 8.14. The van der Waals surface area contributed by atoms with Crippen LogP contribution in [0.5, 0.6) is 0 Å². The van der Waals surface area contributed by atoms with E-state index in [1.165, 1.54) is 0 Å². The predicted octanol–water partition coefficient (Wildman–Crippen LogP) is 0.422. The van der Waals surface area contributed by atoms with Crippen molar-refractivity contribution in [1.29, 1.82) is 0 Å². The standard InChI is InChI=1S/C12H19N3O5S/c1-8-9(2)20-11(14-8)6-13-21(18,19)15-5-3-4-10(7-15)12(16)17/h10,13H,3-7H2,1-2H3,(H,16,17). The van der Waals surface area contributed by atoms with Crippen molar-refractivity contribution in [2.24, 2.45) is 5.92 Å². The second-order valence-corrected chi connectivity index (χ2v) is 6.87. The average molecular weight is 317 g/mol. The molecule has 1 aromatic rings. The summed E-state index contributed by atoms with van der Waals surface area (Å²) in [5.74, 6) is -0.677. The van der Waals surface area contributed by atoms with E-state index in [0.717, 1.165) is 4.31 Å². The van der Waals surface area contributed by atoms with Crippen molar-refractivity contribution < 1.29 is 22.7 Å². The monoisotopic (exact) mass is 317 g/mol. The van der Waals surface area contributed by atoms with Crippen molar-refractivity contribution in [3.8, 4) is 0 Å². The molecule has 1 saturated heterocycles. The fourth-order valence-corrected chi connectivity index (χ4v) is 3.46. The summed E-state index contributed by atoms with van der Waals surface area (Å²) in [5, 5.41) is 9.00. The van der Waals surface area contributed by atoms with E-state index in [1.54, 1.807) is 13.8 Å². The molecule has 1 fully saturated rings. The van der Waals surface area contributed by atoms with Gasteiger partial charge in [-0.3, -0.25) is 4.79 Å². The molecule has 1 aliphatic heterocycles. The first-order valence-electron chi connectivity index (χ1n) is 6.70. The van der Waals surface area contributed by atoms with Crippen molar-refractivity contribution in [2.45, 2.75) is 33.2 Å². The molecular formula is C12H19N3O5S. The third kappa shape index (κ3) is 3.80. The number of carboxylic acids is 1. The van der Waals surface area contributed by atoms with E-state index in [2.05, 4.69) is 9.71 Å². The van der Waals surface area contributed by atoms with E-state index in [9.17, 15) is 13.2 Å². The summed E-state index contributed by atoms with van der Waals surface area (Å²) >= 11 is 0. The number of aromatic nitrogens is 1. The van der Waals surface area contributed by atoms with E-state index < -0.39 is 22.1 Å². The SMILES string of the molecule is Cc1nc(CNS(=O)(=O)N2CCCC(C(=O)O)C2)oc1C. The number of carbonyl (C=O) groups is 1. The zero-order chi connectivity index (χ0) is 15.6. The molecule has 21 heavy (non-hydrogen) atoms. The van der Waals surface area contributed by atoms with Crippen LogP contribution in [0.25, 0.3) is 0 Å². The van der Waals surface area contributed by atoms with Gasteiger partial charge < -0.3 is 9.52 Å². The third-order valence-corrected chi connectivity index (χ3v) is 5.07. The topological polar surface area (TPSA) is 113 Å². The normalized spacial score (nSPS) is 20.6. The minimum atomic E-state index is -3.73. The number of rotatable bonds is 5. The second kappa shape index (κ2) is 6.12. The number of aryl methyl sites for hydroxylation is 2. The van der Waals surface area contributed by atoms with Crippen LogP contribution in [0.3, 0.4) is 0 Å². The summed E-state index contributed by atoms with van der Waals surface area (Å²) in [6.07, 6.45) is 1.04. The van der Waals surface area contributed by atoms with Crippen molar-refractivity contribution in [3.05, 3.63) is 17.3 Å². The number of hydrogen-bond donors (Lipinski definition) is 2. The molecule has 2 heterocycles. The highest BCUT2D eigenvalue weighted by molar-refractivity contribution is 7.87. The lowest BCUT2D eigenvalue weighted by atomic mass is 10.0. The summed E-state index contributed by atoms with van der Waals surface area (Å²) < 4.78 is 33.2. The molecule has 0 aliphatic carbocycles. The van der Waals surface area contributed by atoms with Gasteiger partial charge in [-0.2, -0.15) is 17.4 Å². The number of hydrogen-bond acceptors (Lipinski definition) is 5. The predicted molar refractivity (Wildman–Crippen MR) is 73.7 cm³/mol. The first-order chi connectivity index (χ1) is 9.79. The number of aliphatic carboxylic acids is 1. The molecule has 1 aromatic heterocycles. The number of nitrogens with zero attached hydrogens (tertiary/aromatic N) is 2. The Bertz CT molecular complexity index is 605. The van der Waals surface area contributed by atoms with E-state index >= 15 is 0 Å². The third-order valence-electron chi connectivity index (χ3n) is 3.55. The van der Waals surface area contributed by atoms with Gasteiger partial charge in [0.1, 0.15) is 5.76 Å². The van der Waals surface area contributed by atoms with Gasteiger partial charge >= 0.3 is 5.97 Å². The minimum Gasteiger partial charge on any atom is -0.481 e. The molecule has 0 spiro atoms. The van der Waals surface area contributed by atoms with Gasteiger partial charge in [-0.1, -0.05) is 0 Å². The summed E-state index contributed by atoms with van der Waals surface area (Å²) in [4.78, 5) is 15.1. The van der Waals surface area contributed by atoms with E-state index in [-0.39, 0.29) is 13.1 Å². The van der Waals surface area contributed by atoms with Crippen LogP contribution in [-0.4, -0.2) is 41.9 Å². The highest BCUT2D eigenvalue weighted by atomic mass is 32.2. The van der Waals surface area contributed by atoms with Crippen molar-refractivity contribution in [2.75, 3.05) is 13.1 Å². The molecule has 9 heteroatoms. The highest BCUT2D eigenvalue weighted by Crippen LogP contribution is 2.19. The smallest absolute Gasteiger partial charge is 0.307 e. The molecule has 0 aromatic carbocycles. The summed E-state index contributed by atoms with van der Waals surface area (Å²) in [6, 6.07) is 0. The Morgan fingerprint density at radius 2 is 2.24 bits per heavy atom. The molecule has 0 bridgehead atoms. The fourth-order valence-electron chi connectivity index (χ4n) is 2.22. The van der Waals surface area contributed by atoms with Gasteiger partial charge in [-0.25, -0.2) is 4.98 Å². The Hall–Kier alpha value is -1.45. The van der Waals surface area contributed by atoms with Crippen LogP contribution in [0, 0.1) is 19.8 Å². The van der Waals surface area contributed by atoms with Crippen LogP contribution >= 0.6 is 0 Å². The van der Waals surface area contributed by atoms with E-state index in [4.69, 9.17) is 9.52 Å². The summed E-state index contributed by atoms with van der Waals surface area (Å²) in [6.45, 7) is 3.80. The van der Waals surface area contributed by atoms with Crippen LogP contribution in [0.15, 0.2) is 4.42 Å². The maximum Gasteiger partial charge on any atom is 0.307 e. The lowest BCUT2D eigenvalue weighted by Crippen LogP contribution is -2.47. The van der Waals surface area contributed by atoms with Crippen LogP contribution < -0.4 is 4.72 Å². The molecule has 1 unspecified atom stereocenters. The molecule has 2 N–H and O–H groups in total. The molecule has 0 amide bonds. The van der Waals surface area contributed by atoms with Crippen LogP contribution in [-0.2, 0) is 21.5 Å². The molecule has 0 saturated carbocycles. The Morgan fingerprint density at radius 3 is 2.81 bits per heavy atom. The quantitative estimate of drug-likeness (QED) is 0.814. The van der Waals surface area contributed by atoms with Gasteiger partial charge in [-0.15, -0.1) is 0 Å². The van der Waals surface area contributed by atoms with Gasteiger partial charge in [-0.05, 0) is 26.7 Å². The number of nitrogens with one attached hydrogen (secondary N) is 1. The minimum absolute atomic E-state index is 0.00565. The molecule has 1 aliphatic rings. The maximum absolute atomic E-state index is 12.2. The fraction of sp³-hybridized carbons (Fsp3) is 0.667. The Kier molecular flexibility index (Phi) is 4.64. The Labute approximate surface area is 123 Å². The summed E-state index contributed by atoms with van der Waals surface area (Å²) in [5.41, 5.74) is 0.716. The molecule has 2 rings (SSSR count). The van der Waals surface area contributed by atoms with Crippen molar-refractivity contribution in [3.63, 3.8) is 0 Å². The molecular weight excluding hydrogens is 298 g/mol. The zero-order valence-electron chi connectivity index (χ0n) is 12.0. The summed E-state index contributed by atoms with van der Waals surface area (Å²) in [7, 11) is -3.73. The second-order valence-electron chi connectivity index (χ2n) is 5.11. The van der Waals surface area contributed by atoms with Crippen molar-refractivity contribution >= 4 is 16.2 Å². The molecule has 1 atom stereocenters. The number of piperidine rings is 1. The van der Waals surface area contributed by atoms with Gasteiger partial charge in [0.15, 0.2) is 0 Å². The Balaban J connectivity index is 1.99. The molecule has 8 nitrogen and oxygen atoms in total. The van der Waals surface area contributed by atoms with E-state index in [0.29, 0.717) is 36.7 Å². The molecule has 118 valence electrons. The number of oxazole rings is 1. The lowest BCUT2D eigenvalue weighted by molar-refractivity contribution is -0.142. The maximum atomic E-state index is 12.2. The van der Waals surface area contributed by atoms with Gasteiger partial charge in [0.2, 0.25) is 5.89 Å². The molecule has 0 radical (unpaired) electrons. The van der Waals surface area contributed by atoms with Crippen LogP contribution in [0.4, 0.5) is 0 Å².